The van der Waals surface area contributed by atoms with Gasteiger partial charge in [-0.25, -0.2) is 4.79 Å². The first-order valence-electron chi connectivity index (χ1n) is 7.75. The van der Waals surface area contributed by atoms with E-state index >= 15 is 0 Å². The van der Waals surface area contributed by atoms with Gasteiger partial charge in [-0.2, -0.15) is 0 Å². The van der Waals surface area contributed by atoms with E-state index in [2.05, 4.69) is 0 Å². The van der Waals surface area contributed by atoms with E-state index in [0.29, 0.717) is 27.7 Å². The maximum absolute atomic E-state index is 12.8. The van der Waals surface area contributed by atoms with Gasteiger partial charge in [0.1, 0.15) is 0 Å². The molecule has 0 N–H and O–H groups in total. The lowest BCUT2D eigenvalue weighted by Gasteiger charge is -2.17. The van der Waals surface area contributed by atoms with Crippen molar-refractivity contribution in [3.63, 3.8) is 0 Å². The molecule has 0 radical (unpaired) electrons. The van der Waals surface area contributed by atoms with Crippen LogP contribution in [0, 0.1) is 0 Å². The number of anilines is 1. The van der Waals surface area contributed by atoms with Gasteiger partial charge in [-0.3, -0.25) is 4.79 Å². The maximum Gasteiger partial charge on any atom is 0.331 e. The minimum atomic E-state index is -0.531. The summed E-state index contributed by atoms with van der Waals surface area (Å²) >= 11 is 12.0. The molecule has 2 aromatic rings. The van der Waals surface area contributed by atoms with Crippen LogP contribution in [0.2, 0.25) is 10.0 Å². The highest BCUT2D eigenvalue weighted by Gasteiger charge is 2.32. The normalized spacial score (nSPS) is 14.8. The van der Waals surface area contributed by atoms with Crippen LogP contribution in [-0.2, 0) is 20.9 Å². The number of amides is 1. The molecule has 3 rings (SSSR count). The molecule has 128 valence electrons. The summed E-state index contributed by atoms with van der Waals surface area (Å²) in [7, 11) is 0. The molecule has 1 aliphatic heterocycles. The summed E-state index contributed by atoms with van der Waals surface area (Å²) in [6.07, 6.45) is 1.25. The van der Waals surface area contributed by atoms with Crippen LogP contribution in [0.15, 0.2) is 48.5 Å². The number of hydrogen-bond acceptors (Lipinski definition) is 3. The number of rotatable bonds is 4. The Bertz CT molecular complexity index is 877. The van der Waals surface area contributed by atoms with Crippen LogP contribution < -0.4 is 4.90 Å². The molecular weight excluding hydrogens is 361 g/mol. The molecule has 0 unspecified atom stereocenters. The average molecular weight is 376 g/mol. The van der Waals surface area contributed by atoms with Crippen molar-refractivity contribution in [1.82, 2.24) is 0 Å². The van der Waals surface area contributed by atoms with Gasteiger partial charge in [0.15, 0.2) is 0 Å². The Kier molecular flexibility index (Phi) is 5.11. The second-order valence-electron chi connectivity index (χ2n) is 5.47. The number of carbonyl (C=O) groups is 2. The van der Waals surface area contributed by atoms with Gasteiger partial charge in [-0.05, 0) is 30.7 Å². The first kappa shape index (κ1) is 17.5. The van der Waals surface area contributed by atoms with Crippen molar-refractivity contribution in [3.8, 4) is 0 Å². The minimum absolute atomic E-state index is 0.250. The number of benzene rings is 2. The molecule has 0 aromatic heterocycles. The molecular formula is C19H15Cl2NO3. The maximum atomic E-state index is 12.8. The van der Waals surface area contributed by atoms with Crippen molar-refractivity contribution < 1.29 is 14.3 Å². The Hall–Kier alpha value is -2.30. The van der Waals surface area contributed by atoms with Crippen LogP contribution in [0.3, 0.4) is 0 Å². The highest BCUT2D eigenvalue weighted by molar-refractivity contribution is 6.42. The Balaban J connectivity index is 1.96. The number of halogens is 2. The third-order valence-corrected chi connectivity index (χ3v) is 4.57. The predicted octanol–water partition coefficient (Wildman–Crippen LogP) is 4.49. The summed E-state index contributed by atoms with van der Waals surface area (Å²) in [4.78, 5) is 26.3. The number of ether oxygens (including phenoxy) is 1. The number of para-hydroxylation sites is 1. The van der Waals surface area contributed by atoms with Gasteiger partial charge >= 0.3 is 5.97 Å². The van der Waals surface area contributed by atoms with E-state index in [0.717, 1.165) is 11.3 Å². The van der Waals surface area contributed by atoms with Gasteiger partial charge in [0, 0.05) is 11.6 Å². The summed E-state index contributed by atoms with van der Waals surface area (Å²) in [5.74, 6) is -0.780. The molecule has 1 amide bonds. The summed E-state index contributed by atoms with van der Waals surface area (Å²) in [5.41, 5.74) is 2.62. The largest absolute Gasteiger partial charge is 0.463 e. The zero-order chi connectivity index (χ0) is 18.0. The van der Waals surface area contributed by atoms with Gasteiger partial charge in [0.2, 0.25) is 0 Å². The van der Waals surface area contributed by atoms with Crippen molar-refractivity contribution in [2.24, 2.45) is 0 Å². The molecule has 0 saturated heterocycles. The zero-order valence-electron chi connectivity index (χ0n) is 13.5. The molecule has 1 heterocycles. The summed E-state index contributed by atoms with van der Waals surface area (Å²) < 4.78 is 4.93. The summed E-state index contributed by atoms with van der Waals surface area (Å²) in [6.45, 7) is 2.30. The Morgan fingerprint density at radius 2 is 1.92 bits per heavy atom. The van der Waals surface area contributed by atoms with E-state index < -0.39 is 5.97 Å². The van der Waals surface area contributed by atoms with Gasteiger partial charge < -0.3 is 9.64 Å². The lowest BCUT2D eigenvalue weighted by atomic mass is 10.1. The van der Waals surface area contributed by atoms with E-state index in [1.165, 1.54) is 6.08 Å². The van der Waals surface area contributed by atoms with E-state index in [9.17, 15) is 9.59 Å². The van der Waals surface area contributed by atoms with Crippen molar-refractivity contribution in [3.05, 3.63) is 69.7 Å². The van der Waals surface area contributed by atoms with Crippen molar-refractivity contribution >= 4 is 46.3 Å². The quantitative estimate of drug-likeness (QED) is 0.584. The highest BCUT2D eigenvalue weighted by atomic mass is 35.5. The predicted molar refractivity (Wildman–Crippen MR) is 98.7 cm³/mol. The number of hydrogen-bond donors (Lipinski definition) is 0. The molecule has 0 bridgehead atoms. The van der Waals surface area contributed by atoms with E-state index in [1.807, 2.05) is 30.3 Å². The summed E-state index contributed by atoms with van der Waals surface area (Å²) in [5, 5.41) is 0.892. The van der Waals surface area contributed by atoms with Crippen LogP contribution >= 0.6 is 23.2 Å². The van der Waals surface area contributed by atoms with Crippen molar-refractivity contribution in [2.75, 3.05) is 11.5 Å². The molecule has 0 saturated carbocycles. The second-order valence-corrected chi connectivity index (χ2v) is 6.28. The molecule has 0 spiro atoms. The van der Waals surface area contributed by atoms with Crippen LogP contribution in [-0.4, -0.2) is 18.5 Å². The van der Waals surface area contributed by atoms with E-state index in [1.54, 1.807) is 24.0 Å². The number of fused-ring (bicyclic) bond motifs is 1. The molecule has 2 aromatic carbocycles. The lowest BCUT2D eigenvalue weighted by molar-refractivity contribution is -0.137. The molecule has 25 heavy (non-hydrogen) atoms. The zero-order valence-corrected chi connectivity index (χ0v) is 15.0. The van der Waals surface area contributed by atoms with Gasteiger partial charge in [-0.1, -0.05) is 47.5 Å². The minimum Gasteiger partial charge on any atom is -0.463 e. The van der Waals surface area contributed by atoms with Crippen LogP contribution in [0.5, 0.6) is 0 Å². The third-order valence-electron chi connectivity index (χ3n) is 3.83. The lowest BCUT2D eigenvalue weighted by Crippen LogP contribution is -2.26. The van der Waals surface area contributed by atoms with Crippen LogP contribution in [0.1, 0.15) is 18.1 Å². The van der Waals surface area contributed by atoms with Crippen molar-refractivity contribution in [1.29, 1.82) is 0 Å². The van der Waals surface area contributed by atoms with Gasteiger partial charge in [0.05, 0.1) is 34.5 Å². The van der Waals surface area contributed by atoms with Crippen molar-refractivity contribution in [2.45, 2.75) is 13.5 Å². The smallest absolute Gasteiger partial charge is 0.331 e. The first-order valence-corrected chi connectivity index (χ1v) is 8.50. The molecule has 0 aliphatic carbocycles. The van der Waals surface area contributed by atoms with Gasteiger partial charge in [0.25, 0.3) is 5.91 Å². The molecule has 1 aliphatic rings. The second kappa shape index (κ2) is 7.30. The fraction of sp³-hybridized carbons (Fsp3) is 0.158. The SMILES string of the molecule is CCOC(=O)/C=C1/C(=O)N(Cc2ccc(Cl)c(Cl)c2)c2ccccc21. The summed E-state index contributed by atoms with van der Waals surface area (Å²) in [6, 6.07) is 12.6. The first-order chi connectivity index (χ1) is 12.0. The third kappa shape index (κ3) is 3.55. The Morgan fingerprint density at radius 1 is 1.16 bits per heavy atom. The Morgan fingerprint density at radius 3 is 2.64 bits per heavy atom. The molecule has 0 atom stereocenters. The topological polar surface area (TPSA) is 46.6 Å². The molecule has 4 nitrogen and oxygen atoms in total. The standard InChI is InChI=1S/C19H15Cl2NO3/c1-2-25-18(23)10-14-13-5-3-4-6-17(13)22(19(14)24)11-12-7-8-15(20)16(21)9-12/h3-10H,2,11H2,1H3/b14-10+. The number of carbonyl (C=O) groups excluding carboxylic acids is 2. The van der Waals surface area contributed by atoms with Gasteiger partial charge in [-0.15, -0.1) is 0 Å². The number of esters is 1. The Labute approximate surface area is 155 Å². The van der Waals surface area contributed by atoms with Crippen LogP contribution in [0.25, 0.3) is 5.57 Å². The highest BCUT2D eigenvalue weighted by Crippen LogP contribution is 2.37. The monoisotopic (exact) mass is 375 g/mol. The average Bonchev–Trinajstić information content (AvgIpc) is 2.84. The number of nitrogens with zero attached hydrogens (tertiary/aromatic N) is 1. The molecule has 6 heteroatoms. The van der Waals surface area contributed by atoms with E-state index in [-0.39, 0.29) is 12.5 Å². The fourth-order valence-corrected chi connectivity index (χ4v) is 3.05. The molecule has 0 fully saturated rings. The van der Waals surface area contributed by atoms with E-state index in [4.69, 9.17) is 27.9 Å². The fourth-order valence-electron chi connectivity index (χ4n) is 2.73. The van der Waals surface area contributed by atoms with Crippen LogP contribution in [0.4, 0.5) is 5.69 Å².